The van der Waals surface area contributed by atoms with E-state index in [9.17, 15) is 29.8 Å². The summed E-state index contributed by atoms with van der Waals surface area (Å²) in [6, 6.07) is 4.36. The van der Waals surface area contributed by atoms with Crippen LogP contribution in [-0.4, -0.2) is 63.1 Å². The maximum atomic E-state index is 13.0. The molecule has 33 heavy (non-hydrogen) atoms. The van der Waals surface area contributed by atoms with Crippen LogP contribution in [0, 0.1) is 20.2 Å². The van der Waals surface area contributed by atoms with Gasteiger partial charge in [-0.05, 0) is 0 Å². The van der Waals surface area contributed by atoms with Gasteiger partial charge in [0.05, 0.1) is 33.8 Å². The van der Waals surface area contributed by atoms with Crippen LogP contribution in [0.25, 0.3) is 0 Å². The number of aryl methyl sites for hydroxylation is 1. The highest BCUT2D eigenvalue weighted by Crippen LogP contribution is 2.25. The second-order valence-corrected chi connectivity index (χ2v) is 8.31. The minimum absolute atomic E-state index is 0.0160. The first-order valence-electron chi connectivity index (χ1n) is 9.90. The van der Waals surface area contributed by atoms with E-state index >= 15 is 0 Å². The van der Waals surface area contributed by atoms with Crippen molar-refractivity contribution in [1.29, 1.82) is 0 Å². The molecule has 0 aliphatic carbocycles. The Morgan fingerprint density at radius 3 is 2.15 bits per heavy atom. The van der Waals surface area contributed by atoms with Gasteiger partial charge in [-0.25, -0.2) is 0 Å². The van der Waals surface area contributed by atoms with Gasteiger partial charge in [0.15, 0.2) is 0 Å². The number of carbonyl (C=O) groups excluding carboxylic acids is 2. The summed E-state index contributed by atoms with van der Waals surface area (Å²) < 4.78 is 6.49. The van der Waals surface area contributed by atoms with E-state index in [1.807, 2.05) is 20.8 Å². The van der Waals surface area contributed by atoms with Crippen molar-refractivity contribution in [3.63, 3.8) is 0 Å². The van der Waals surface area contributed by atoms with Crippen LogP contribution in [0.2, 0.25) is 0 Å². The number of nitro groups is 2. The first kappa shape index (κ1) is 25.4. The van der Waals surface area contributed by atoms with Crippen LogP contribution in [0.5, 0.6) is 0 Å². The van der Waals surface area contributed by atoms with Gasteiger partial charge in [0, 0.05) is 44.3 Å². The Morgan fingerprint density at radius 1 is 1.12 bits per heavy atom. The van der Waals surface area contributed by atoms with Crippen LogP contribution in [0.15, 0.2) is 24.3 Å². The Labute approximate surface area is 189 Å². The summed E-state index contributed by atoms with van der Waals surface area (Å²) in [5, 5.41) is 29.3. The number of benzene rings is 1. The average Bonchev–Trinajstić information content (AvgIpc) is 3.10. The molecule has 0 saturated carbocycles. The molecule has 2 rings (SSSR count). The zero-order chi connectivity index (χ0) is 24.9. The third-order valence-electron chi connectivity index (χ3n) is 4.67. The molecule has 178 valence electrons. The van der Waals surface area contributed by atoms with Crippen LogP contribution in [0.4, 0.5) is 17.2 Å². The smallest absolute Gasteiger partial charge is 0.277 e. The van der Waals surface area contributed by atoms with E-state index in [-0.39, 0.29) is 24.1 Å². The van der Waals surface area contributed by atoms with Crippen LogP contribution >= 0.6 is 0 Å². The predicted molar refractivity (Wildman–Crippen MR) is 118 cm³/mol. The lowest BCUT2D eigenvalue weighted by molar-refractivity contribution is -0.394. The fourth-order valence-electron chi connectivity index (χ4n) is 2.87. The van der Waals surface area contributed by atoms with Gasteiger partial charge in [-0.15, -0.1) is 0 Å². The first-order valence-corrected chi connectivity index (χ1v) is 9.90. The standard InChI is InChI=1S/C20H26N6O7/c1-20(2,3)16-11-17(23(4)22-16)21-18(27)12-24(6-7-33-5)19(28)13-8-14(25(29)30)10-15(9-13)26(31)32/h8-11H,6-7,12H2,1-5H3,(H,21,27). The van der Waals surface area contributed by atoms with Crippen LogP contribution in [0.3, 0.4) is 0 Å². The summed E-state index contributed by atoms with van der Waals surface area (Å²) in [5.74, 6) is -0.896. The van der Waals surface area contributed by atoms with Crippen molar-refractivity contribution in [2.45, 2.75) is 26.2 Å². The number of hydrogen-bond acceptors (Lipinski definition) is 8. The number of nitro benzene ring substituents is 2. The van der Waals surface area contributed by atoms with Gasteiger partial charge in [0.25, 0.3) is 17.3 Å². The molecular weight excluding hydrogens is 436 g/mol. The molecule has 0 bridgehead atoms. The molecule has 2 aromatic rings. The van der Waals surface area contributed by atoms with Gasteiger partial charge in [-0.3, -0.25) is 34.5 Å². The summed E-state index contributed by atoms with van der Waals surface area (Å²) in [7, 11) is 3.07. The second-order valence-electron chi connectivity index (χ2n) is 8.31. The SMILES string of the molecule is COCCN(CC(=O)Nc1cc(C(C)(C)C)nn1C)C(=O)c1cc([N+](=O)[O-])cc([N+](=O)[O-])c1. The Bertz CT molecular complexity index is 1040. The van der Waals surface area contributed by atoms with Crippen molar-refractivity contribution in [2.75, 3.05) is 32.1 Å². The molecule has 2 amide bonds. The van der Waals surface area contributed by atoms with Gasteiger partial charge in [-0.2, -0.15) is 5.10 Å². The van der Waals surface area contributed by atoms with Gasteiger partial charge >= 0.3 is 0 Å². The van der Waals surface area contributed by atoms with E-state index in [1.54, 1.807) is 13.1 Å². The Morgan fingerprint density at radius 2 is 1.70 bits per heavy atom. The number of anilines is 1. The molecule has 13 nitrogen and oxygen atoms in total. The van der Waals surface area contributed by atoms with Crippen molar-refractivity contribution >= 4 is 29.0 Å². The van der Waals surface area contributed by atoms with Gasteiger partial charge in [-0.1, -0.05) is 20.8 Å². The third kappa shape index (κ3) is 6.55. The summed E-state index contributed by atoms with van der Waals surface area (Å²) in [6.45, 7) is 5.58. The predicted octanol–water partition coefficient (Wildman–Crippen LogP) is 2.26. The molecule has 1 N–H and O–H groups in total. The lowest BCUT2D eigenvalue weighted by Crippen LogP contribution is -2.40. The van der Waals surface area contributed by atoms with Gasteiger partial charge in [0.2, 0.25) is 5.91 Å². The molecule has 0 atom stereocenters. The van der Waals surface area contributed by atoms with Crippen LogP contribution in [0.1, 0.15) is 36.8 Å². The molecule has 1 aromatic heterocycles. The van der Waals surface area contributed by atoms with E-state index in [0.29, 0.717) is 5.82 Å². The number of methoxy groups -OCH3 is 1. The highest BCUT2D eigenvalue weighted by molar-refractivity contribution is 6.00. The molecule has 0 aliphatic heterocycles. The molecule has 0 spiro atoms. The molecule has 0 radical (unpaired) electrons. The largest absolute Gasteiger partial charge is 0.383 e. The summed E-state index contributed by atoms with van der Waals surface area (Å²) in [4.78, 5) is 47.4. The summed E-state index contributed by atoms with van der Waals surface area (Å²) in [6.07, 6.45) is 0. The first-order chi connectivity index (χ1) is 15.3. The molecule has 1 heterocycles. The lowest BCUT2D eigenvalue weighted by Gasteiger charge is -2.22. The van der Waals surface area contributed by atoms with Crippen molar-refractivity contribution in [2.24, 2.45) is 7.05 Å². The number of carbonyl (C=O) groups is 2. The Hall–Kier alpha value is -3.87. The number of ether oxygens (including phenoxy) is 1. The fourth-order valence-corrected chi connectivity index (χ4v) is 2.87. The average molecular weight is 462 g/mol. The highest BCUT2D eigenvalue weighted by atomic mass is 16.6. The molecular formula is C20H26N6O7. The van der Waals surface area contributed by atoms with E-state index < -0.39 is 39.6 Å². The topological polar surface area (TPSA) is 163 Å². The van der Waals surface area contributed by atoms with Gasteiger partial charge < -0.3 is 15.0 Å². The number of amides is 2. The van der Waals surface area contributed by atoms with E-state index in [1.165, 1.54) is 11.8 Å². The maximum Gasteiger partial charge on any atom is 0.277 e. The van der Waals surface area contributed by atoms with Crippen molar-refractivity contribution in [3.05, 3.63) is 55.8 Å². The number of nitrogens with one attached hydrogen (secondary N) is 1. The van der Waals surface area contributed by atoms with E-state index in [2.05, 4.69) is 10.4 Å². The maximum absolute atomic E-state index is 13.0. The summed E-state index contributed by atoms with van der Waals surface area (Å²) >= 11 is 0. The normalized spacial score (nSPS) is 11.2. The number of aromatic nitrogens is 2. The highest BCUT2D eigenvalue weighted by Gasteiger charge is 2.25. The zero-order valence-electron chi connectivity index (χ0n) is 19.0. The zero-order valence-corrected chi connectivity index (χ0v) is 19.0. The van der Waals surface area contributed by atoms with Gasteiger partial charge in [0.1, 0.15) is 12.4 Å². The third-order valence-corrected chi connectivity index (χ3v) is 4.67. The monoisotopic (exact) mass is 462 g/mol. The molecule has 1 aromatic carbocycles. The number of nitrogens with zero attached hydrogens (tertiary/aromatic N) is 5. The number of non-ortho nitro benzene ring substituents is 2. The lowest BCUT2D eigenvalue weighted by atomic mass is 9.92. The van der Waals surface area contributed by atoms with Crippen molar-refractivity contribution in [1.82, 2.24) is 14.7 Å². The van der Waals surface area contributed by atoms with Crippen LogP contribution in [-0.2, 0) is 22.0 Å². The minimum atomic E-state index is -0.828. The molecule has 0 saturated heterocycles. The second kappa shape index (κ2) is 10.2. The molecule has 13 heteroatoms. The van der Waals surface area contributed by atoms with E-state index in [4.69, 9.17) is 4.74 Å². The summed E-state index contributed by atoms with van der Waals surface area (Å²) in [5.41, 5.74) is -0.966. The number of hydrogen-bond donors (Lipinski definition) is 1. The van der Waals surface area contributed by atoms with Crippen molar-refractivity contribution < 1.29 is 24.2 Å². The molecule has 0 aliphatic rings. The fraction of sp³-hybridized carbons (Fsp3) is 0.450. The van der Waals surface area contributed by atoms with Crippen LogP contribution < -0.4 is 5.32 Å². The Balaban J connectivity index is 2.28. The molecule has 0 fully saturated rings. The number of rotatable bonds is 9. The Kier molecular flexibility index (Phi) is 7.82. The van der Waals surface area contributed by atoms with E-state index in [0.717, 1.165) is 28.8 Å². The quantitative estimate of drug-likeness (QED) is 0.438. The molecule has 0 unspecified atom stereocenters. The minimum Gasteiger partial charge on any atom is -0.383 e. The van der Waals surface area contributed by atoms with Crippen molar-refractivity contribution in [3.8, 4) is 0 Å².